The summed E-state index contributed by atoms with van der Waals surface area (Å²) in [6, 6.07) is 2.36. The van der Waals surface area contributed by atoms with Crippen molar-refractivity contribution >= 4 is 29.2 Å². The van der Waals surface area contributed by atoms with Gasteiger partial charge in [-0.05, 0) is 19.1 Å². The van der Waals surface area contributed by atoms with Crippen LogP contribution in [0.3, 0.4) is 0 Å². The molecule has 2 N–H and O–H groups in total. The van der Waals surface area contributed by atoms with Gasteiger partial charge in [0, 0.05) is 25.5 Å². The van der Waals surface area contributed by atoms with Gasteiger partial charge in [-0.1, -0.05) is 0 Å². The molecule has 1 aromatic heterocycles. The molecule has 0 radical (unpaired) electrons. The molecule has 20 heavy (non-hydrogen) atoms. The fourth-order valence-corrected chi connectivity index (χ4v) is 4.07. The Hall–Kier alpha value is -0.630. The van der Waals surface area contributed by atoms with E-state index < -0.39 is 11.2 Å². The van der Waals surface area contributed by atoms with E-state index in [2.05, 4.69) is 27.9 Å². The minimum Gasteiger partial charge on any atom is -0.377 e. The van der Waals surface area contributed by atoms with E-state index in [0.717, 1.165) is 37.5 Å². The fourth-order valence-electron chi connectivity index (χ4n) is 2.74. The van der Waals surface area contributed by atoms with Gasteiger partial charge in [0.25, 0.3) is 0 Å². The summed E-state index contributed by atoms with van der Waals surface area (Å²) in [5.41, 5.74) is 1.03. The zero-order chi connectivity index (χ0) is 14.3. The van der Waals surface area contributed by atoms with Crippen molar-refractivity contribution < 1.29 is 9.29 Å². The molecule has 1 saturated heterocycles. The molecule has 1 aliphatic heterocycles. The lowest BCUT2D eigenvalue weighted by molar-refractivity contribution is 0.0985. The summed E-state index contributed by atoms with van der Waals surface area (Å²) in [5, 5.41) is 0. The molecule has 1 aliphatic carbocycles. The van der Waals surface area contributed by atoms with Crippen molar-refractivity contribution in [2.45, 2.75) is 30.6 Å². The minimum atomic E-state index is -0.645. The minimum absolute atomic E-state index is 0.124. The lowest BCUT2D eigenvalue weighted by atomic mass is 10.2. The van der Waals surface area contributed by atoms with E-state index in [0.29, 0.717) is 17.4 Å². The lowest BCUT2D eigenvalue weighted by Gasteiger charge is -2.34. The van der Waals surface area contributed by atoms with Crippen molar-refractivity contribution in [3.05, 3.63) is 16.5 Å². The maximum atomic E-state index is 10.1. The second-order valence-corrected chi connectivity index (χ2v) is 7.67. The molecule has 7 heteroatoms. The predicted octanol–water partition coefficient (Wildman–Crippen LogP) is 2.07. The number of anilines is 1. The Balaban J connectivity index is 1.97. The summed E-state index contributed by atoms with van der Waals surface area (Å²) >= 11 is 4.63. The average molecular weight is 314 g/mol. The summed E-state index contributed by atoms with van der Waals surface area (Å²) < 4.78 is 15.9. The van der Waals surface area contributed by atoms with Gasteiger partial charge in [-0.15, -0.1) is 0 Å². The normalized spacial score (nSPS) is 26.4. The van der Waals surface area contributed by atoms with E-state index in [-0.39, 0.29) is 4.75 Å². The molecule has 0 aromatic carbocycles. The highest BCUT2D eigenvalue weighted by atomic mass is 32.2. The second kappa shape index (κ2) is 5.29. The highest BCUT2D eigenvalue weighted by Gasteiger charge is 2.59. The van der Waals surface area contributed by atoms with Crippen LogP contribution in [-0.2, 0) is 20.7 Å². The van der Waals surface area contributed by atoms with Crippen molar-refractivity contribution in [3.8, 4) is 0 Å². The van der Waals surface area contributed by atoms with E-state index >= 15 is 0 Å². The van der Waals surface area contributed by atoms with Gasteiger partial charge in [0.05, 0.1) is 24.9 Å². The van der Waals surface area contributed by atoms with E-state index in [1.54, 1.807) is 0 Å². The molecule has 0 amide bonds. The van der Waals surface area contributed by atoms with Crippen LogP contribution in [0.4, 0.5) is 5.82 Å². The number of ether oxygens (including phenoxy) is 1. The molecule has 2 fully saturated rings. The number of rotatable bonds is 3. The van der Waals surface area contributed by atoms with Crippen molar-refractivity contribution in [3.63, 3.8) is 0 Å². The molecule has 3 rings (SSSR count). The molecule has 0 spiro atoms. The Morgan fingerprint density at radius 3 is 2.95 bits per heavy atom. The van der Waals surface area contributed by atoms with Gasteiger partial charge in [0.15, 0.2) is 20.7 Å². The van der Waals surface area contributed by atoms with Gasteiger partial charge in [-0.3, -0.25) is 0 Å². The Morgan fingerprint density at radius 2 is 2.35 bits per heavy atom. The molecule has 1 aromatic rings. The van der Waals surface area contributed by atoms with E-state index in [4.69, 9.17) is 17.0 Å². The standard InChI is InChI=1S/C13H19N3O2S2/c1-9-8-18-6-5-16(9)11-7-10(14-12(19)15-11)13(3-4-13)20(2)17/h7,9,17H,3-6,8H2,1-2H3/p+1. The molecule has 2 atom stereocenters. The molecule has 2 unspecified atom stereocenters. The number of H-pyrrole nitrogens is 1. The first kappa shape index (κ1) is 14.3. The van der Waals surface area contributed by atoms with Crippen molar-refractivity contribution in [2.75, 3.05) is 30.9 Å². The summed E-state index contributed by atoms with van der Waals surface area (Å²) in [7, 11) is 0. The quantitative estimate of drug-likeness (QED) is 0.661. The first-order valence-electron chi connectivity index (χ1n) is 6.84. The van der Waals surface area contributed by atoms with E-state index in [1.807, 2.05) is 6.26 Å². The lowest BCUT2D eigenvalue weighted by Crippen LogP contribution is -2.44. The molecule has 5 nitrogen and oxygen atoms in total. The predicted molar refractivity (Wildman–Crippen MR) is 83.9 cm³/mol. The summed E-state index contributed by atoms with van der Waals surface area (Å²) in [6.45, 7) is 4.39. The first-order valence-corrected chi connectivity index (χ1v) is 8.84. The smallest absolute Gasteiger partial charge is 0.200 e. The third-order valence-electron chi connectivity index (χ3n) is 4.15. The Morgan fingerprint density at radius 1 is 1.60 bits per heavy atom. The van der Waals surface area contributed by atoms with Gasteiger partial charge in [-0.25, -0.2) is 4.98 Å². The van der Waals surface area contributed by atoms with Gasteiger partial charge < -0.3 is 14.6 Å². The largest absolute Gasteiger partial charge is 0.377 e. The topological polar surface area (TPSA) is 61.4 Å². The maximum absolute atomic E-state index is 10.1. The van der Waals surface area contributed by atoms with Crippen LogP contribution in [-0.4, -0.2) is 46.6 Å². The third-order valence-corrected chi connectivity index (χ3v) is 6.11. The van der Waals surface area contributed by atoms with Crippen molar-refractivity contribution in [2.24, 2.45) is 0 Å². The molecule has 110 valence electrons. The molecule has 2 heterocycles. The Bertz CT molecular complexity index is 557. The average Bonchev–Trinajstić information content (AvgIpc) is 3.20. The van der Waals surface area contributed by atoms with Crippen LogP contribution in [0.5, 0.6) is 0 Å². The Kier molecular flexibility index (Phi) is 3.79. The highest BCUT2D eigenvalue weighted by molar-refractivity contribution is 7.92. The summed E-state index contributed by atoms with van der Waals surface area (Å²) in [5.74, 6) is 0.899. The maximum Gasteiger partial charge on any atom is 0.200 e. The molecule has 2 aliphatic rings. The summed E-state index contributed by atoms with van der Waals surface area (Å²) in [4.78, 5) is 9.87. The van der Waals surface area contributed by atoms with Crippen molar-refractivity contribution in [1.82, 2.24) is 9.97 Å². The fraction of sp³-hybridized carbons (Fsp3) is 0.692. The van der Waals surface area contributed by atoms with Crippen LogP contribution in [0, 0.1) is 4.77 Å². The van der Waals surface area contributed by atoms with Gasteiger partial charge >= 0.3 is 0 Å². The summed E-state index contributed by atoms with van der Waals surface area (Å²) in [6.07, 6.45) is 3.90. The van der Waals surface area contributed by atoms with Crippen molar-refractivity contribution in [1.29, 1.82) is 0 Å². The molecule has 1 saturated carbocycles. The van der Waals surface area contributed by atoms with Crippen LogP contribution in [0.1, 0.15) is 25.5 Å². The van der Waals surface area contributed by atoms with Crippen LogP contribution in [0.25, 0.3) is 0 Å². The highest BCUT2D eigenvalue weighted by Crippen LogP contribution is 2.52. The van der Waals surface area contributed by atoms with Crippen LogP contribution in [0.2, 0.25) is 0 Å². The van der Waals surface area contributed by atoms with Crippen LogP contribution < -0.4 is 4.90 Å². The molecular formula is C13H20N3O2S2+. The number of hydrogen-bond donors (Lipinski definition) is 2. The van der Waals surface area contributed by atoms with Gasteiger partial charge in [0.2, 0.25) is 0 Å². The van der Waals surface area contributed by atoms with E-state index in [1.165, 1.54) is 0 Å². The molecular weight excluding hydrogens is 294 g/mol. The zero-order valence-electron chi connectivity index (χ0n) is 11.8. The van der Waals surface area contributed by atoms with Gasteiger partial charge in [-0.2, -0.15) is 4.55 Å². The zero-order valence-corrected chi connectivity index (χ0v) is 13.4. The SMILES string of the molecule is CC1COCCN1c1cc(C2([S+](C)O)CC2)[nH]c(=S)n1. The first-order chi connectivity index (χ1) is 9.53. The van der Waals surface area contributed by atoms with Gasteiger partial charge in [0.1, 0.15) is 12.1 Å². The second-order valence-electron chi connectivity index (χ2n) is 5.55. The number of aromatic amines is 1. The number of hydrogen-bond acceptors (Lipinski definition) is 5. The number of nitrogens with one attached hydrogen (secondary N) is 1. The third kappa shape index (κ3) is 2.47. The van der Waals surface area contributed by atoms with Crippen LogP contribution in [0.15, 0.2) is 6.07 Å². The molecule has 0 bridgehead atoms. The van der Waals surface area contributed by atoms with Crippen LogP contribution >= 0.6 is 12.2 Å². The number of nitrogens with zero attached hydrogens (tertiary/aromatic N) is 2. The Labute approximate surface area is 126 Å². The van der Waals surface area contributed by atoms with E-state index in [9.17, 15) is 4.55 Å². The number of aromatic nitrogens is 2. The number of morpholine rings is 1. The monoisotopic (exact) mass is 314 g/mol.